The zero-order valence-electron chi connectivity index (χ0n) is 12.6. The molecule has 1 aliphatic rings. The molecular formula is C17H18ClN3O2. The molecule has 5 nitrogen and oxygen atoms in total. The molecule has 0 aromatic heterocycles. The lowest BCUT2D eigenvalue weighted by molar-refractivity contribution is 0.102. The van der Waals surface area contributed by atoms with Gasteiger partial charge in [-0.3, -0.25) is 4.79 Å². The first-order chi connectivity index (χ1) is 11.1. The Labute approximate surface area is 140 Å². The number of amides is 1. The number of nitrogens with two attached hydrogens (primary N) is 1. The summed E-state index contributed by atoms with van der Waals surface area (Å²) in [4.78, 5) is 14.4. The summed E-state index contributed by atoms with van der Waals surface area (Å²) in [5, 5.41) is 3.44. The predicted molar refractivity (Wildman–Crippen MR) is 93.3 cm³/mol. The highest BCUT2D eigenvalue weighted by molar-refractivity contribution is 6.30. The van der Waals surface area contributed by atoms with Crippen LogP contribution >= 0.6 is 11.6 Å². The second-order valence-electron chi connectivity index (χ2n) is 5.33. The lowest BCUT2D eigenvalue weighted by Gasteiger charge is -2.30. The Balaban J connectivity index is 1.72. The summed E-state index contributed by atoms with van der Waals surface area (Å²) in [5.41, 5.74) is 8.96. The van der Waals surface area contributed by atoms with Gasteiger partial charge < -0.3 is 20.7 Å². The number of hydrogen-bond acceptors (Lipinski definition) is 4. The van der Waals surface area contributed by atoms with Crippen molar-refractivity contribution in [2.75, 3.05) is 42.3 Å². The topological polar surface area (TPSA) is 67.6 Å². The van der Waals surface area contributed by atoms with Gasteiger partial charge in [0, 0.05) is 29.4 Å². The number of nitrogens with one attached hydrogen (secondary N) is 1. The van der Waals surface area contributed by atoms with E-state index in [2.05, 4.69) is 10.2 Å². The smallest absolute Gasteiger partial charge is 0.255 e. The molecular weight excluding hydrogens is 314 g/mol. The van der Waals surface area contributed by atoms with Gasteiger partial charge in [-0.05, 0) is 42.5 Å². The zero-order valence-corrected chi connectivity index (χ0v) is 13.3. The van der Waals surface area contributed by atoms with Crippen LogP contribution in [0.15, 0.2) is 42.5 Å². The molecule has 0 radical (unpaired) electrons. The first kappa shape index (κ1) is 15.6. The molecule has 0 unspecified atom stereocenters. The van der Waals surface area contributed by atoms with Crippen molar-refractivity contribution in [3.63, 3.8) is 0 Å². The number of anilines is 3. The van der Waals surface area contributed by atoms with Crippen molar-refractivity contribution >= 4 is 34.6 Å². The molecule has 1 fully saturated rings. The van der Waals surface area contributed by atoms with E-state index in [9.17, 15) is 4.79 Å². The Morgan fingerprint density at radius 2 is 1.83 bits per heavy atom. The van der Waals surface area contributed by atoms with Crippen LogP contribution in [0.2, 0.25) is 5.02 Å². The Kier molecular flexibility index (Phi) is 4.69. The van der Waals surface area contributed by atoms with Gasteiger partial charge in [0.25, 0.3) is 5.91 Å². The quantitative estimate of drug-likeness (QED) is 0.848. The molecule has 1 amide bonds. The van der Waals surface area contributed by atoms with Crippen molar-refractivity contribution in [2.45, 2.75) is 0 Å². The normalized spacial score (nSPS) is 14.6. The highest BCUT2D eigenvalue weighted by atomic mass is 35.5. The van der Waals surface area contributed by atoms with Crippen molar-refractivity contribution in [3.05, 3.63) is 53.1 Å². The minimum atomic E-state index is -0.194. The number of halogens is 1. The van der Waals surface area contributed by atoms with E-state index in [1.54, 1.807) is 30.3 Å². The van der Waals surface area contributed by atoms with E-state index in [4.69, 9.17) is 22.1 Å². The van der Waals surface area contributed by atoms with Crippen molar-refractivity contribution in [3.8, 4) is 0 Å². The van der Waals surface area contributed by atoms with E-state index < -0.39 is 0 Å². The molecule has 1 saturated heterocycles. The highest BCUT2D eigenvalue weighted by Crippen LogP contribution is 2.27. The van der Waals surface area contributed by atoms with Gasteiger partial charge in [-0.2, -0.15) is 0 Å². The number of carbonyl (C=O) groups excluding carboxylic acids is 1. The van der Waals surface area contributed by atoms with Crippen molar-refractivity contribution in [1.82, 2.24) is 0 Å². The molecule has 2 aromatic carbocycles. The monoisotopic (exact) mass is 331 g/mol. The number of hydrogen-bond donors (Lipinski definition) is 2. The molecule has 0 spiro atoms. The van der Waals surface area contributed by atoms with Crippen LogP contribution in [0, 0.1) is 0 Å². The van der Waals surface area contributed by atoms with Gasteiger partial charge in [0.05, 0.1) is 24.6 Å². The third-order valence-electron chi connectivity index (χ3n) is 3.74. The molecule has 120 valence electrons. The summed E-state index contributed by atoms with van der Waals surface area (Å²) >= 11 is 5.83. The Hall–Kier alpha value is -2.24. The van der Waals surface area contributed by atoms with Crippen LogP contribution in [0.25, 0.3) is 0 Å². The largest absolute Gasteiger partial charge is 0.397 e. The molecule has 6 heteroatoms. The highest BCUT2D eigenvalue weighted by Gasteiger charge is 2.14. The summed E-state index contributed by atoms with van der Waals surface area (Å²) in [6.45, 7) is 3.05. The molecule has 2 aromatic rings. The minimum Gasteiger partial charge on any atom is -0.397 e. The maximum Gasteiger partial charge on any atom is 0.255 e. The fraction of sp³-hybridized carbons (Fsp3) is 0.235. The molecule has 1 heterocycles. The summed E-state index contributed by atoms with van der Waals surface area (Å²) in [7, 11) is 0. The predicted octanol–water partition coefficient (Wildman–Crippen LogP) is 3.01. The lowest BCUT2D eigenvalue weighted by atomic mass is 10.2. The maximum absolute atomic E-state index is 12.2. The standard InChI is InChI=1S/C17H18ClN3O2/c18-13-3-1-12(2-4-13)17(22)20-14-5-6-16(15(19)11-14)21-7-9-23-10-8-21/h1-6,11H,7-10,19H2,(H,20,22). The number of carbonyl (C=O) groups is 1. The van der Waals surface area contributed by atoms with Gasteiger partial charge in [0.15, 0.2) is 0 Å². The maximum atomic E-state index is 12.2. The third-order valence-corrected chi connectivity index (χ3v) is 4.00. The van der Waals surface area contributed by atoms with Crippen LogP contribution in [-0.2, 0) is 4.74 Å². The molecule has 0 saturated carbocycles. The van der Waals surface area contributed by atoms with Crippen LogP contribution in [0.1, 0.15) is 10.4 Å². The van der Waals surface area contributed by atoms with Crippen LogP contribution in [0.3, 0.4) is 0 Å². The number of benzene rings is 2. The second-order valence-corrected chi connectivity index (χ2v) is 5.77. The number of morpholine rings is 1. The molecule has 1 aliphatic heterocycles. The van der Waals surface area contributed by atoms with Crippen molar-refractivity contribution in [2.24, 2.45) is 0 Å². The fourth-order valence-corrected chi connectivity index (χ4v) is 2.66. The molecule has 0 bridgehead atoms. The van der Waals surface area contributed by atoms with E-state index in [1.807, 2.05) is 12.1 Å². The SMILES string of the molecule is Nc1cc(NC(=O)c2ccc(Cl)cc2)ccc1N1CCOCC1. The van der Waals surface area contributed by atoms with E-state index in [0.29, 0.717) is 35.2 Å². The average Bonchev–Trinajstić information content (AvgIpc) is 2.56. The van der Waals surface area contributed by atoms with E-state index in [-0.39, 0.29) is 5.91 Å². The third kappa shape index (κ3) is 3.75. The molecule has 0 atom stereocenters. The first-order valence-electron chi connectivity index (χ1n) is 7.42. The number of rotatable bonds is 3. The zero-order chi connectivity index (χ0) is 16.2. The van der Waals surface area contributed by atoms with Crippen molar-refractivity contribution < 1.29 is 9.53 Å². The summed E-state index contributed by atoms with van der Waals surface area (Å²) in [5.74, 6) is -0.194. The molecule has 3 N–H and O–H groups in total. The van der Waals surface area contributed by atoms with Crippen LogP contribution in [0.4, 0.5) is 17.1 Å². The van der Waals surface area contributed by atoms with Crippen LogP contribution in [-0.4, -0.2) is 32.2 Å². The van der Waals surface area contributed by atoms with E-state index in [1.165, 1.54) is 0 Å². The first-order valence-corrected chi connectivity index (χ1v) is 7.80. The summed E-state index contributed by atoms with van der Waals surface area (Å²) < 4.78 is 5.35. The van der Waals surface area contributed by atoms with Crippen LogP contribution in [0.5, 0.6) is 0 Å². The molecule has 0 aliphatic carbocycles. The Bertz CT molecular complexity index is 697. The number of nitrogen functional groups attached to an aromatic ring is 1. The number of ether oxygens (including phenoxy) is 1. The number of nitrogens with zero attached hydrogens (tertiary/aromatic N) is 1. The van der Waals surface area contributed by atoms with Gasteiger partial charge in [0.1, 0.15) is 0 Å². The fourth-order valence-electron chi connectivity index (χ4n) is 2.53. The van der Waals surface area contributed by atoms with Gasteiger partial charge in [-0.15, -0.1) is 0 Å². The minimum absolute atomic E-state index is 0.194. The van der Waals surface area contributed by atoms with Crippen LogP contribution < -0.4 is 16.0 Å². The Morgan fingerprint density at radius 1 is 1.13 bits per heavy atom. The van der Waals surface area contributed by atoms with E-state index in [0.717, 1.165) is 18.8 Å². The second kappa shape index (κ2) is 6.89. The van der Waals surface area contributed by atoms with Gasteiger partial charge in [-0.1, -0.05) is 11.6 Å². The molecule has 23 heavy (non-hydrogen) atoms. The van der Waals surface area contributed by atoms with E-state index >= 15 is 0 Å². The van der Waals surface area contributed by atoms with Gasteiger partial charge in [-0.25, -0.2) is 0 Å². The summed E-state index contributed by atoms with van der Waals surface area (Å²) in [6.07, 6.45) is 0. The average molecular weight is 332 g/mol. The Morgan fingerprint density at radius 3 is 2.48 bits per heavy atom. The van der Waals surface area contributed by atoms with Gasteiger partial charge >= 0.3 is 0 Å². The van der Waals surface area contributed by atoms with Gasteiger partial charge in [0.2, 0.25) is 0 Å². The van der Waals surface area contributed by atoms with Crippen molar-refractivity contribution in [1.29, 1.82) is 0 Å². The molecule has 3 rings (SSSR count). The summed E-state index contributed by atoms with van der Waals surface area (Å²) in [6, 6.07) is 12.3. The lowest BCUT2D eigenvalue weighted by Crippen LogP contribution is -2.36.